The number of carboxylic acid groups (broad SMARTS) is 1. The van der Waals surface area contributed by atoms with Gasteiger partial charge in [0.2, 0.25) is 5.91 Å². The van der Waals surface area contributed by atoms with Crippen LogP contribution in [0.1, 0.15) is 31.1 Å². The van der Waals surface area contributed by atoms with E-state index in [9.17, 15) is 24.6 Å². The molecule has 25 heavy (non-hydrogen) atoms. The van der Waals surface area contributed by atoms with Crippen LogP contribution >= 0.6 is 11.6 Å². The van der Waals surface area contributed by atoms with E-state index in [1.54, 1.807) is 6.92 Å². The second-order valence-corrected chi connectivity index (χ2v) is 5.64. The van der Waals surface area contributed by atoms with E-state index < -0.39 is 17.9 Å². The van der Waals surface area contributed by atoms with Gasteiger partial charge < -0.3 is 25.2 Å². The average Bonchev–Trinajstić information content (AvgIpc) is 2.54. The lowest BCUT2D eigenvalue weighted by Crippen LogP contribution is -2.46. The van der Waals surface area contributed by atoms with E-state index in [4.69, 9.17) is 16.3 Å². The summed E-state index contributed by atoms with van der Waals surface area (Å²) in [6.45, 7) is 4.73. The first-order valence-electron chi connectivity index (χ1n) is 7.62. The lowest BCUT2D eigenvalue weighted by atomic mass is 10.1. The number of aliphatic carboxylic acids is 1. The van der Waals surface area contributed by atoms with Crippen LogP contribution in [0, 0.1) is 0 Å². The van der Waals surface area contributed by atoms with E-state index in [1.165, 1.54) is 26.0 Å². The normalized spacial score (nSPS) is 11.5. The Morgan fingerprint density at radius 3 is 2.52 bits per heavy atom. The lowest BCUT2D eigenvalue weighted by Gasteiger charge is -2.27. The van der Waals surface area contributed by atoms with Crippen LogP contribution in [0.25, 0.3) is 0 Å². The van der Waals surface area contributed by atoms with Crippen molar-refractivity contribution in [2.75, 3.05) is 19.7 Å². The third kappa shape index (κ3) is 5.53. The second-order valence-electron chi connectivity index (χ2n) is 5.23. The number of nitrogens with one attached hydrogen (secondary N) is 1. The molecule has 1 aromatic carbocycles. The summed E-state index contributed by atoms with van der Waals surface area (Å²) in [4.78, 5) is 36.1. The Morgan fingerprint density at radius 1 is 1.36 bits per heavy atom. The highest BCUT2D eigenvalue weighted by Crippen LogP contribution is 2.35. The molecule has 1 aromatic rings. The number of hydrogen-bond acceptors (Lipinski definition) is 5. The molecule has 0 saturated heterocycles. The Morgan fingerprint density at radius 2 is 2.00 bits per heavy atom. The van der Waals surface area contributed by atoms with E-state index in [0.29, 0.717) is 0 Å². The molecule has 2 amide bonds. The van der Waals surface area contributed by atoms with Crippen molar-refractivity contribution in [3.63, 3.8) is 0 Å². The van der Waals surface area contributed by atoms with Gasteiger partial charge in [0, 0.05) is 25.6 Å². The van der Waals surface area contributed by atoms with Gasteiger partial charge in [0.15, 0.2) is 11.5 Å². The molecule has 8 nitrogen and oxygen atoms in total. The van der Waals surface area contributed by atoms with Gasteiger partial charge in [-0.05, 0) is 26.0 Å². The molecule has 0 aromatic heterocycles. The Hall–Kier alpha value is -2.48. The van der Waals surface area contributed by atoms with Crippen molar-refractivity contribution in [1.82, 2.24) is 10.2 Å². The maximum atomic E-state index is 12.7. The summed E-state index contributed by atoms with van der Waals surface area (Å²) in [7, 11) is 0. The fourth-order valence-corrected chi connectivity index (χ4v) is 2.30. The largest absolute Gasteiger partial charge is 0.503 e. The zero-order valence-corrected chi connectivity index (χ0v) is 15.0. The molecule has 0 heterocycles. The summed E-state index contributed by atoms with van der Waals surface area (Å²) < 4.78 is 5.23. The molecule has 0 spiro atoms. The first-order valence-corrected chi connectivity index (χ1v) is 8.00. The maximum absolute atomic E-state index is 12.7. The number of halogens is 1. The smallest absolute Gasteiger partial charge is 0.326 e. The van der Waals surface area contributed by atoms with Crippen LogP contribution in [0.3, 0.4) is 0 Å². The maximum Gasteiger partial charge on any atom is 0.326 e. The summed E-state index contributed by atoms with van der Waals surface area (Å²) in [6, 6.07) is 1.42. The van der Waals surface area contributed by atoms with E-state index in [-0.39, 0.29) is 47.7 Å². The molecule has 9 heteroatoms. The molecule has 1 atom stereocenters. The van der Waals surface area contributed by atoms with E-state index in [1.807, 2.05) is 0 Å². The molecule has 1 unspecified atom stereocenters. The van der Waals surface area contributed by atoms with Gasteiger partial charge >= 0.3 is 5.97 Å². The highest BCUT2D eigenvalue weighted by atomic mass is 35.5. The Balaban J connectivity index is 3.14. The summed E-state index contributed by atoms with van der Waals surface area (Å²) >= 11 is 5.92. The standard InChI is InChI=1S/C16H21ClN2O6/c1-4-25-13-8-11(7-12(17)14(13)21)15(22)19(9(2)16(23)24)6-5-18-10(3)20/h7-9,21H,4-6H2,1-3H3,(H,18,20)(H,23,24). The quantitative estimate of drug-likeness (QED) is 0.636. The minimum atomic E-state index is -1.19. The van der Waals surface area contributed by atoms with Gasteiger partial charge in [-0.15, -0.1) is 0 Å². The average molecular weight is 373 g/mol. The van der Waals surface area contributed by atoms with Crippen LogP contribution in [0.15, 0.2) is 12.1 Å². The molecule has 0 radical (unpaired) electrons. The molecule has 0 aliphatic rings. The van der Waals surface area contributed by atoms with Gasteiger partial charge in [-0.2, -0.15) is 0 Å². The fourth-order valence-electron chi connectivity index (χ4n) is 2.09. The van der Waals surface area contributed by atoms with E-state index in [2.05, 4.69) is 5.32 Å². The monoisotopic (exact) mass is 372 g/mol. The SMILES string of the molecule is CCOc1cc(C(=O)N(CCNC(C)=O)C(C)C(=O)O)cc(Cl)c1O. The molecular formula is C16H21ClN2O6. The van der Waals surface area contributed by atoms with Crippen molar-refractivity contribution < 1.29 is 29.3 Å². The molecular weight excluding hydrogens is 352 g/mol. The van der Waals surface area contributed by atoms with Crippen molar-refractivity contribution in [3.05, 3.63) is 22.7 Å². The molecule has 1 rings (SSSR count). The number of nitrogens with zero attached hydrogens (tertiary/aromatic N) is 1. The molecule has 138 valence electrons. The highest BCUT2D eigenvalue weighted by molar-refractivity contribution is 6.32. The number of benzene rings is 1. The van der Waals surface area contributed by atoms with Crippen molar-refractivity contribution in [1.29, 1.82) is 0 Å². The summed E-state index contributed by atoms with van der Waals surface area (Å²) in [5.41, 5.74) is 0.0715. The molecule has 0 saturated carbocycles. The molecule has 3 N–H and O–H groups in total. The van der Waals surface area contributed by atoms with Crippen LogP contribution in [0.2, 0.25) is 5.02 Å². The number of hydrogen-bond donors (Lipinski definition) is 3. The number of amides is 2. The lowest BCUT2D eigenvalue weighted by molar-refractivity contribution is -0.141. The third-order valence-electron chi connectivity index (χ3n) is 3.39. The zero-order chi connectivity index (χ0) is 19.1. The van der Waals surface area contributed by atoms with Crippen molar-refractivity contribution in [2.45, 2.75) is 26.8 Å². The number of carboxylic acids is 1. The predicted molar refractivity (Wildman–Crippen MR) is 91.1 cm³/mol. The van der Waals surface area contributed by atoms with Crippen LogP contribution in [-0.4, -0.2) is 58.6 Å². The fraction of sp³-hybridized carbons (Fsp3) is 0.438. The molecule has 0 aliphatic heterocycles. The summed E-state index contributed by atoms with van der Waals surface area (Å²) in [5, 5.41) is 21.5. The van der Waals surface area contributed by atoms with Gasteiger partial charge in [0.25, 0.3) is 5.91 Å². The number of phenols is 1. The van der Waals surface area contributed by atoms with E-state index >= 15 is 0 Å². The minimum absolute atomic E-state index is 0.00561. The number of rotatable bonds is 8. The Labute approximate surface area is 150 Å². The van der Waals surface area contributed by atoms with Gasteiger partial charge in [-0.1, -0.05) is 11.6 Å². The summed E-state index contributed by atoms with van der Waals surface area (Å²) in [5.74, 6) is -2.35. The van der Waals surface area contributed by atoms with Gasteiger partial charge in [0.1, 0.15) is 6.04 Å². The topological polar surface area (TPSA) is 116 Å². The van der Waals surface area contributed by atoms with Crippen molar-refractivity contribution in [3.8, 4) is 11.5 Å². The molecule has 0 fully saturated rings. The number of ether oxygens (including phenoxy) is 1. The van der Waals surface area contributed by atoms with Crippen LogP contribution in [0.4, 0.5) is 0 Å². The van der Waals surface area contributed by atoms with Crippen molar-refractivity contribution in [2.24, 2.45) is 0 Å². The molecule has 0 aliphatic carbocycles. The number of carbonyl (C=O) groups excluding carboxylic acids is 2. The Kier molecular flexibility index (Phi) is 7.50. The van der Waals surface area contributed by atoms with Crippen LogP contribution in [0.5, 0.6) is 11.5 Å². The first kappa shape index (κ1) is 20.6. The highest BCUT2D eigenvalue weighted by Gasteiger charge is 2.27. The van der Waals surface area contributed by atoms with Crippen LogP contribution < -0.4 is 10.1 Å². The number of carbonyl (C=O) groups is 3. The van der Waals surface area contributed by atoms with Crippen molar-refractivity contribution >= 4 is 29.4 Å². The van der Waals surface area contributed by atoms with Crippen LogP contribution in [-0.2, 0) is 9.59 Å². The Bertz CT molecular complexity index is 664. The van der Waals surface area contributed by atoms with Gasteiger partial charge in [-0.3, -0.25) is 9.59 Å². The number of aromatic hydroxyl groups is 1. The predicted octanol–water partition coefficient (Wildman–Crippen LogP) is 1.50. The van der Waals surface area contributed by atoms with Gasteiger partial charge in [-0.25, -0.2) is 4.79 Å². The number of phenolic OH excluding ortho intramolecular Hbond substituents is 1. The minimum Gasteiger partial charge on any atom is -0.503 e. The van der Waals surface area contributed by atoms with E-state index in [0.717, 1.165) is 4.90 Å². The summed E-state index contributed by atoms with van der Waals surface area (Å²) in [6.07, 6.45) is 0. The van der Waals surface area contributed by atoms with Gasteiger partial charge in [0.05, 0.1) is 11.6 Å². The third-order valence-corrected chi connectivity index (χ3v) is 3.68. The molecule has 0 bridgehead atoms. The first-order chi connectivity index (χ1) is 11.7. The second kappa shape index (κ2) is 9.12. The zero-order valence-electron chi connectivity index (χ0n) is 14.2.